The van der Waals surface area contributed by atoms with Crippen molar-refractivity contribution in [2.75, 3.05) is 18.5 Å². The summed E-state index contributed by atoms with van der Waals surface area (Å²) in [6.07, 6.45) is 1.15. The second-order valence-corrected chi connectivity index (χ2v) is 5.17. The molecule has 98 valence electrons. The fourth-order valence-electron chi connectivity index (χ4n) is 2.79. The van der Waals surface area contributed by atoms with Crippen molar-refractivity contribution in [2.45, 2.75) is 19.5 Å². The number of nitrogens with zero attached hydrogens (tertiary/aromatic N) is 1. The van der Waals surface area contributed by atoms with Crippen molar-refractivity contribution in [1.82, 2.24) is 5.32 Å². The fraction of sp³-hybridized carbons (Fsp3) is 0.294. The summed E-state index contributed by atoms with van der Waals surface area (Å²) in [4.78, 5) is 2.32. The van der Waals surface area contributed by atoms with Gasteiger partial charge in [-0.05, 0) is 41.8 Å². The van der Waals surface area contributed by atoms with E-state index in [9.17, 15) is 0 Å². The Morgan fingerprint density at radius 2 is 1.89 bits per heavy atom. The molecule has 0 saturated carbocycles. The SMILES string of the molecule is CN(Cc1cccc2c1CCNC2)c1ccccc1. The summed E-state index contributed by atoms with van der Waals surface area (Å²) < 4.78 is 0. The molecule has 1 heterocycles. The van der Waals surface area contributed by atoms with Crippen LogP contribution in [0.3, 0.4) is 0 Å². The summed E-state index contributed by atoms with van der Waals surface area (Å²) in [5, 5.41) is 3.44. The third-order valence-corrected chi connectivity index (χ3v) is 3.84. The predicted octanol–water partition coefficient (Wildman–Crippen LogP) is 2.97. The van der Waals surface area contributed by atoms with Crippen LogP contribution in [-0.2, 0) is 19.5 Å². The average Bonchev–Trinajstić information content (AvgIpc) is 2.48. The Hall–Kier alpha value is -1.80. The van der Waals surface area contributed by atoms with Crippen LogP contribution < -0.4 is 10.2 Å². The van der Waals surface area contributed by atoms with E-state index in [2.05, 4.69) is 65.8 Å². The summed E-state index contributed by atoms with van der Waals surface area (Å²) in [7, 11) is 2.16. The maximum absolute atomic E-state index is 3.44. The minimum atomic E-state index is 0.979. The molecule has 2 heteroatoms. The van der Waals surface area contributed by atoms with Gasteiger partial charge < -0.3 is 10.2 Å². The van der Waals surface area contributed by atoms with Crippen molar-refractivity contribution < 1.29 is 0 Å². The van der Waals surface area contributed by atoms with Crippen LogP contribution >= 0.6 is 0 Å². The van der Waals surface area contributed by atoms with Crippen molar-refractivity contribution in [1.29, 1.82) is 0 Å². The zero-order valence-electron chi connectivity index (χ0n) is 11.4. The Kier molecular flexibility index (Phi) is 3.51. The molecule has 0 fully saturated rings. The molecular weight excluding hydrogens is 232 g/mol. The van der Waals surface area contributed by atoms with Crippen LogP contribution in [-0.4, -0.2) is 13.6 Å². The Morgan fingerprint density at radius 1 is 1.05 bits per heavy atom. The fourth-order valence-corrected chi connectivity index (χ4v) is 2.79. The van der Waals surface area contributed by atoms with Gasteiger partial charge in [-0.2, -0.15) is 0 Å². The highest BCUT2D eigenvalue weighted by Crippen LogP contribution is 2.22. The second kappa shape index (κ2) is 5.45. The summed E-state index contributed by atoms with van der Waals surface area (Å²) >= 11 is 0. The lowest BCUT2D eigenvalue weighted by Gasteiger charge is -2.25. The number of hydrogen-bond donors (Lipinski definition) is 1. The summed E-state index contributed by atoms with van der Waals surface area (Å²) in [6, 6.07) is 17.3. The molecule has 1 aliphatic rings. The number of benzene rings is 2. The van der Waals surface area contributed by atoms with Gasteiger partial charge in [0, 0.05) is 25.8 Å². The van der Waals surface area contributed by atoms with E-state index in [0.29, 0.717) is 0 Å². The van der Waals surface area contributed by atoms with Gasteiger partial charge >= 0.3 is 0 Å². The number of hydrogen-bond acceptors (Lipinski definition) is 2. The topological polar surface area (TPSA) is 15.3 Å². The Morgan fingerprint density at radius 3 is 2.74 bits per heavy atom. The normalized spacial score (nSPS) is 13.9. The molecule has 19 heavy (non-hydrogen) atoms. The monoisotopic (exact) mass is 252 g/mol. The standard InChI is InChI=1S/C17H20N2/c1-19(16-8-3-2-4-9-16)13-15-7-5-6-14-12-18-11-10-17(14)15/h2-9,18H,10-13H2,1H3. The maximum atomic E-state index is 3.44. The molecule has 2 aromatic carbocycles. The van der Waals surface area contributed by atoms with Gasteiger partial charge in [-0.1, -0.05) is 36.4 Å². The molecule has 3 rings (SSSR count). The highest BCUT2D eigenvalue weighted by Gasteiger charge is 2.13. The maximum Gasteiger partial charge on any atom is 0.0429 e. The summed E-state index contributed by atoms with van der Waals surface area (Å²) in [5.41, 5.74) is 5.74. The van der Waals surface area contributed by atoms with E-state index in [1.165, 1.54) is 16.8 Å². The molecule has 0 radical (unpaired) electrons. The lowest BCUT2D eigenvalue weighted by molar-refractivity contribution is 0.637. The van der Waals surface area contributed by atoms with E-state index < -0.39 is 0 Å². The van der Waals surface area contributed by atoms with E-state index in [1.54, 1.807) is 5.56 Å². The van der Waals surface area contributed by atoms with Crippen LogP contribution in [0.5, 0.6) is 0 Å². The predicted molar refractivity (Wildman–Crippen MR) is 80.4 cm³/mol. The van der Waals surface area contributed by atoms with E-state index in [4.69, 9.17) is 0 Å². The molecule has 0 spiro atoms. The van der Waals surface area contributed by atoms with Crippen LogP contribution in [0.4, 0.5) is 5.69 Å². The number of fused-ring (bicyclic) bond motifs is 1. The number of para-hydroxylation sites is 1. The Bertz CT molecular complexity index is 548. The largest absolute Gasteiger partial charge is 0.370 e. The van der Waals surface area contributed by atoms with Gasteiger partial charge in [0.05, 0.1) is 0 Å². The Labute approximate surface area is 115 Å². The molecule has 1 N–H and O–H groups in total. The molecule has 0 saturated heterocycles. The molecule has 0 aliphatic carbocycles. The first-order valence-electron chi connectivity index (χ1n) is 6.91. The lowest BCUT2D eigenvalue weighted by Crippen LogP contribution is -2.26. The van der Waals surface area contributed by atoms with Gasteiger partial charge in [0.25, 0.3) is 0 Å². The van der Waals surface area contributed by atoms with E-state index in [-0.39, 0.29) is 0 Å². The molecule has 0 bridgehead atoms. The molecule has 0 amide bonds. The highest BCUT2D eigenvalue weighted by molar-refractivity contribution is 5.47. The van der Waals surface area contributed by atoms with Gasteiger partial charge in [-0.3, -0.25) is 0 Å². The van der Waals surface area contributed by atoms with Crippen molar-refractivity contribution in [3.05, 3.63) is 65.2 Å². The molecule has 1 aliphatic heterocycles. The minimum Gasteiger partial charge on any atom is -0.370 e. The van der Waals surface area contributed by atoms with Crippen LogP contribution in [0.25, 0.3) is 0 Å². The molecule has 0 aromatic heterocycles. The van der Waals surface area contributed by atoms with Crippen LogP contribution in [0.2, 0.25) is 0 Å². The number of nitrogens with one attached hydrogen (secondary N) is 1. The molecule has 2 nitrogen and oxygen atoms in total. The summed E-state index contributed by atoms with van der Waals surface area (Å²) in [5.74, 6) is 0. The van der Waals surface area contributed by atoms with Crippen molar-refractivity contribution >= 4 is 5.69 Å². The first-order chi connectivity index (χ1) is 9.34. The van der Waals surface area contributed by atoms with Gasteiger partial charge in [0.1, 0.15) is 0 Å². The first kappa shape index (κ1) is 12.2. The highest BCUT2D eigenvalue weighted by atomic mass is 15.1. The smallest absolute Gasteiger partial charge is 0.0429 e. The van der Waals surface area contributed by atoms with Gasteiger partial charge in [-0.25, -0.2) is 0 Å². The van der Waals surface area contributed by atoms with E-state index in [0.717, 1.165) is 26.1 Å². The van der Waals surface area contributed by atoms with Gasteiger partial charge in [0.15, 0.2) is 0 Å². The minimum absolute atomic E-state index is 0.979. The van der Waals surface area contributed by atoms with E-state index in [1.807, 2.05) is 0 Å². The quantitative estimate of drug-likeness (QED) is 0.903. The molecular formula is C17H20N2. The zero-order valence-corrected chi connectivity index (χ0v) is 11.4. The van der Waals surface area contributed by atoms with Crippen molar-refractivity contribution in [2.24, 2.45) is 0 Å². The summed E-state index contributed by atoms with van der Waals surface area (Å²) in [6.45, 7) is 3.09. The van der Waals surface area contributed by atoms with Gasteiger partial charge in [0.2, 0.25) is 0 Å². The third-order valence-electron chi connectivity index (χ3n) is 3.84. The Balaban J connectivity index is 1.84. The molecule has 2 aromatic rings. The van der Waals surface area contributed by atoms with Gasteiger partial charge in [-0.15, -0.1) is 0 Å². The second-order valence-electron chi connectivity index (χ2n) is 5.17. The lowest BCUT2D eigenvalue weighted by atomic mass is 9.95. The van der Waals surface area contributed by atoms with Crippen LogP contribution in [0.15, 0.2) is 48.5 Å². The van der Waals surface area contributed by atoms with E-state index >= 15 is 0 Å². The van der Waals surface area contributed by atoms with Crippen molar-refractivity contribution in [3.63, 3.8) is 0 Å². The zero-order chi connectivity index (χ0) is 13.1. The van der Waals surface area contributed by atoms with Crippen molar-refractivity contribution in [3.8, 4) is 0 Å². The van der Waals surface area contributed by atoms with Crippen LogP contribution in [0.1, 0.15) is 16.7 Å². The third kappa shape index (κ3) is 2.64. The van der Waals surface area contributed by atoms with Crippen LogP contribution in [0, 0.1) is 0 Å². The first-order valence-corrected chi connectivity index (χ1v) is 6.91. The number of anilines is 1. The number of rotatable bonds is 3. The molecule has 0 atom stereocenters. The average molecular weight is 252 g/mol. The molecule has 0 unspecified atom stereocenters.